The number of likely N-dealkylation sites (N-methyl/N-ethyl adjacent to an activating group) is 1. The molecule has 0 radical (unpaired) electrons. The Bertz CT molecular complexity index is 403. The second-order valence-corrected chi connectivity index (χ2v) is 6.15. The Labute approximate surface area is 117 Å². The highest BCUT2D eigenvalue weighted by molar-refractivity contribution is 9.10. The molecule has 18 heavy (non-hydrogen) atoms. The summed E-state index contributed by atoms with van der Waals surface area (Å²) in [4.78, 5) is 0. The Morgan fingerprint density at radius 2 is 2.17 bits per heavy atom. The van der Waals surface area contributed by atoms with E-state index in [2.05, 4.69) is 35.1 Å². The maximum Gasteiger partial charge on any atom is 0.124 e. The van der Waals surface area contributed by atoms with Gasteiger partial charge in [-0.25, -0.2) is 4.39 Å². The third-order valence-corrected chi connectivity index (χ3v) is 4.66. The van der Waals surface area contributed by atoms with Crippen LogP contribution in [0.5, 0.6) is 0 Å². The maximum atomic E-state index is 13.1. The molecule has 1 N–H and O–H groups in total. The van der Waals surface area contributed by atoms with Gasteiger partial charge < -0.3 is 5.32 Å². The second kappa shape index (κ2) is 6.16. The van der Waals surface area contributed by atoms with Crippen LogP contribution in [0.3, 0.4) is 0 Å². The molecule has 1 fully saturated rings. The standard InChI is InChI=1S/C15H21BrFN/c1-3-18-15(10(2)11-4-5-11)8-12-6-7-13(17)9-14(12)16/h6-7,9-11,15,18H,3-5,8H2,1-2H3. The fraction of sp³-hybridized carbons (Fsp3) is 0.600. The summed E-state index contributed by atoms with van der Waals surface area (Å²) in [5.74, 6) is 1.40. The van der Waals surface area contributed by atoms with Gasteiger partial charge in [0.1, 0.15) is 5.82 Å². The maximum absolute atomic E-state index is 13.1. The first-order valence-electron chi connectivity index (χ1n) is 6.79. The molecule has 1 aliphatic carbocycles. The van der Waals surface area contributed by atoms with Crippen LogP contribution in [0.15, 0.2) is 22.7 Å². The van der Waals surface area contributed by atoms with Crippen LogP contribution in [0.1, 0.15) is 32.3 Å². The third-order valence-electron chi connectivity index (χ3n) is 3.92. The lowest BCUT2D eigenvalue weighted by atomic mass is 9.91. The molecular formula is C15H21BrFN. The Morgan fingerprint density at radius 3 is 2.72 bits per heavy atom. The van der Waals surface area contributed by atoms with Crippen molar-refractivity contribution in [3.63, 3.8) is 0 Å². The van der Waals surface area contributed by atoms with E-state index in [0.29, 0.717) is 12.0 Å². The summed E-state index contributed by atoms with van der Waals surface area (Å²) in [6.45, 7) is 5.47. The number of hydrogen-bond acceptors (Lipinski definition) is 1. The lowest BCUT2D eigenvalue weighted by molar-refractivity contribution is 0.344. The van der Waals surface area contributed by atoms with Crippen LogP contribution in [0.2, 0.25) is 0 Å². The van der Waals surface area contributed by atoms with E-state index in [1.807, 2.05) is 6.07 Å². The minimum Gasteiger partial charge on any atom is -0.314 e. The molecule has 1 aliphatic rings. The van der Waals surface area contributed by atoms with Gasteiger partial charge in [-0.15, -0.1) is 0 Å². The van der Waals surface area contributed by atoms with Gasteiger partial charge in [0.2, 0.25) is 0 Å². The quantitative estimate of drug-likeness (QED) is 0.831. The number of benzene rings is 1. The molecule has 3 heteroatoms. The molecule has 2 rings (SSSR count). The molecule has 0 aromatic heterocycles. The average molecular weight is 314 g/mol. The zero-order valence-corrected chi connectivity index (χ0v) is 12.6. The first-order valence-corrected chi connectivity index (χ1v) is 7.58. The van der Waals surface area contributed by atoms with E-state index in [1.54, 1.807) is 12.1 Å². The van der Waals surface area contributed by atoms with Gasteiger partial charge in [0.05, 0.1) is 0 Å². The van der Waals surface area contributed by atoms with Crippen LogP contribution in [0, 0.1) is 17.7 Å². The van der Waals surface area contributed by atoms with Gasteiger partial charge in [0.15, 0.2) is 0 Å². The van der Waals surface area contributed by atoms with Crippen molar-refractivity contribution in [1.29, 1.82) is 0 Å². The highest BCUT2D eigenvalue weighted by Gasteiger charge is 2.33. The molecule has 0 bridgehead atoms. The lowest BCUT2D eigenvalue weighted by Crippen LogP contribution is -2.37. The van der Waals surface area contributed by atoms with Crippen molar-refractivity contribution in [2.45, 2.75) is 39.2 Å². The van der Waals surface area contributed by atoms with Crippen LogP contribution in [-0.2, 0) is 6.42 Å². The number of nitrogens with one attached hydrogen (secondary N) is 1. The minimum absolute atomic E-state index is 0.180. The minimum atomic E-state index is -0.180. The van der Waals surface area contributed by atoms with Crippen molar-refractivity contribution in [3.05, 3.63) is 34.1 Å². The average Bonchev–Trinajstić information content (AvgIpc) is 3.15. The van der Waals surface area contributed by atoms with Crippen molar-refractivity contribution < 1.29 is 4.39 Å². The molecule has 100 valence electrons. The summed E-state index contributed by atoms with van der Waals surface area (Å²) in [5.41, 5.74) is 1.19. The van der Waals surface area contributed by atoms with Crippen molar-refractivity contribution in [2.24, 2.45) is 11.8 Å². The zero-order chi connectivity index (χ0) is 13.1. The van der Waals surface area contributed by atoms with Crippen LogP contribution < -0.4 is 5.32 Å². The van der Waals surface area contributed by atoms with Crippen molar-refractivity contribution in [3.8, 4) is 0 Å². The van der Waals surface area contributed by atoms with E-state index in [0.717, 1.165) is 23.4 Å². The number of hydrogen-bond donors (Lipinski definition) is 1. The van der Waals surface area contributed by atoms with E-state index in [-0.39, 0.29) is 5.82 Å². The summed E-state index contributed by atoms with van der Waals surface area (Å²) in [6.07, 6.45) is 3.70. The zero-order valence-electron chi connectivity index (χ0n) is 11.0. The first-order chi connectivity index (χ1) is 8.61. The van der Waals surface area contributed by atoms with Crippen molar-refractivity contribution in [2.75, 3.05) is 6.54 Å². The molecule has 0 saturated heterocycles. The highest BCUT2D eigenvalue weighted by atomic mass is 79.9. The fourth-order valence-corrected chi connectivity index (χ4v) is 3.09. The smallest absolute Gasteiger partial charge is 0.124 e. The van der Waals surface area contributed by atoms with Gasteiger partial charge >= 0.3 is 0 Å². The van der Waals surface area contributed by atoms with Gasteiger partial charge in [-0.3, -0.25) is 0 Å². The second-order valence-electron chi connectivity index (χ2n) is 5.30. The van der Waals surface area contributed by atoms with E-state index >= 15 is 0 Å². The van der Waals surface area contributed by atoms with E-state index in [9.17, 15) is 4.39 Å². The Balaban J connectivity index is 2.07. The molecule has 1 aromatic carbocycles. The summed E-state index contributed by atoms with van der Waals surface area (Å²) in [7, 11) is 0. The molecule has 1 saturated carbocycles. The van der Waals surface area contributed by atoms with Gasteiger partial charge in [-0.05, 0) is 55.3 Å². The summed E-state index contributed by atoms with van der Waals surface area (Å²) in [6, 6.07) is 5.48. The molecule has 2 unspecified atom stereocenters. The molecule has 0 heterocycles. The largest absolute Gasteiger partial charge is 0.314 e. The van der Waals surface area contributed by atoms with Crippen LogP contribution >= 0.6 is 15.9 Å². The van der Waals surface area contributed by atoms with Crippen molar-refractivity contribution >= 4 is 15.9 Å². The SMILES string of the molecule is CCNC(Cc1ccc(F)cc1Br)C(C)C1CC1. The lowest BCUT2D eigenvalue weighted by Gasteiger charge is -2.25. The summed E-state index contributed by atoms with van der Waals surface area (Å²) < 4.78 is 14.0. The van der Waals surface area contributed by atoms with Crippen LogP contribution in [0.4, 0.5) is 4.39 Å². The third kappa shape index (κ3) is 3.55. The number of halogens is 2. The molecular weight excluding hydrogens is 293 g/mol. The fourth-order valence-electron chi connectivity index (χ4n) is 2.58. The molecule has 1 aromatic rings. The van der Waals surface area contributed by atoms with Gasteiger partial charge in [0.25, 0.3) is 0 Å². The molecule has 0 amide bonds. The van der Waals surface area contributed by atoms with E-state index in [4.69, 9.17) is 0 Å². The van der Waals surface area contributed by atoms with Crippen molar-refractivity contribution in [1.82, 2.24) is 5.32 Å². The molecule has 0 aliphatic heterocycles. The monoisotopic (exact) mass is 313 g/mol. The predicted molar refractivity (Wildman–Crippen MR) is 77.2 cm³/mol. The Morgan fingerprint density at radius 1 is 1.44 bits per heavy atom. The Kier molecular flexibility index (Phi) is 4.79. The first kappa shape index (κ1) is 14.0. The molecule has 1 nitrogen and oxygen atoms in total. The van der Waals surface area contributed by atoms with Gasteiger partial charge in [-0.2, -0.15) is 0 Å². The normalized spacial score (nSPS) is 18.7. The highest BCUT2D eigenvalue weighted by Crippen LogP contribution is 2.39. The molecule has 0 spiro atoms. The number of rotatable bonds is 6. The summed E-state index contributed by atoms with van der Waals surface area (Å²) >= 11 is 3.46. The van der Waals surface area contributed by atoms with Crippen LogP contribution in [0.25, 0.3) is 0 Å². The topological polar surface area (TPSA) is 12.0 Å². The molecule has 2 atom stereocenters. The summed E-state index contributed by atoms with van der Waals surface area (Å²) in [5, 5.41) is 3.58. The Hall–Kier alpha value is -0.410. The van der Waals surface area contributed by atoms with Gasteiger partial charge in [-0.1, -0.05) is 35.8 Å². The van der Waals surface area contributed by atoms with Gasteiger partial charge in [0, 0.05) is 10.5 Å². The van der Waals surface area contributed by atoms with E-state index in [1.165, 1.54) is 18.4 Å². The van der Waals surface area contributed by atoms with E-state index < -0.39 is 0 Å². The predicted octanol–water partition coefficient (Wildman–Crippen LogP) is 4.15. The van der Waals surface area contributed by atoms with Crippen LogP contribution in [-0.4, -0.2) is 12.6 Å².